The molecular formula is C11H10O4. The molecule has 0 atom stereocenters. The van der Waals surface area contributed by atoms with Crippen LogP contribution in [0.1, 0.15) is 5.56 Å². The third-order valence-electron chi connectivity index (χ3n) is 2.23. The lowest BCUT2D eigenvalue weighted by Gasteiger charge is -2.05. The lowest BCUT2D eigenvalue weighted by molar-refractivity contribution is 0.297. The van der Waals surface area contributed by atoms with Gasteiger partial charge in [-0.25, -0.2) is 4.79 Å². The van der Waals surface area contributed by atoms with Crippen LogP contribution in [0, 0.1) is 0 Å². The number of aliphatic hydroxyl groups is 1. The molecule has 0 radical (unpaired) electrons. The Morgan fingerprint density at radius 2 is 1.93 bits per heavy atom. The van der Waals surface area contributed by atoms with Crippen LogP contribution >= 0.6 is 0 Å². The van der Waals surface area contributed by atoms with E-state index in [9.17, 15) is 9.90 Å². The Morgan fingerprint density at radius 1 is 1.20 bits per heavy atom. The molecule has 1 heterocycles. The molecule has 2 N–H and O–H groups in total. The van der Waals surface area contributed by atoms with Gasteiger partial charge in [0.2, 0.25) is 0 Å². The van der Waals surface area contributed by atoms with Gasteiger partial charge in [-0.15, -0.1) is 0 Å². The SMILES string of the molecule is O=c1ccc2ccc(O)c(CCO)c2o1. The van der Waals surface area contributed by atoms with Gasteiger partial charge in [0.1, 0.15) is 11.3 Å². The van der Waals surface area contributed by atoms with E-state index in [1.165, 1.54) is 12.1 Å². The monoisotopic (exact) mass is 206 g/mol. The first-order valence-corrected chi connectivity index (χ1v) is 4.58. The van der Waals surface area contributed by atoms with Crippen LogP contribution in [0.3, 0.4) is 0 Å². The molecule has 0 bridgehead atoms. The first-order chi connectivity index (χ1) is 7.22. The average Bonchev–Trinajstić information content (AvgIpc) is 2.23. The molecule has 2 rings (SSSR count). The molecule has 78 valence electrons. The quantitative estimate of drug-likeness (QED) is 0.720. The maximum atomic E-state index is 11.0. The van der Waals surface area contributed by atoms with Crippen molar-refractivity contribution in [2.75, 3.05) is 6.61 Å². The maximum Gasteiger partial charge on any atom is 0.336 e. The molecule has 2 aromatic rings. The minimum absolute atomic E-state index is 0.0332. The molecule has 0 saturated carbocycles. The van der Waals surface area contributed by atoms with E-state index < -0.39 is 5.63 Å². The second-order valence-electron chi connectivity index (χ2n) is 3.21. The zero-order chi connectivity index (χ0) is 10.8. The second kappa shape index (κ2) is 3.74. The number of fused-ring (bicyclic) bond motifs is 1. The van der Waals surface area contributed by atoms with E-state index in [1.54, 1.807) is 12.1 Å². The molecule has 1 aromatic heterocycles. The predicted molar refractivity (Wildman–Crippen MR) is 54.9 cm³/mol. The Balaban J connectivity index is 2.78. The molecule has 0 fully saturated rings. The topological polar surface area (TPSA) is 70.7 Å². The molecule has 4 heteroatoms. The molecule has 0 unspecified atom stereocenters. The van der Waals surface area contributed by atoms with Crippen LogP contribution in [-0.4, -0.2) is 16.8 Å². The van der Waals surface area contributed by atoms with E-state index in [-0.39, 0.29) is 18.8 Å². The van der Waals surface area contributed by atoms with Gasteiger partial charge >= 0.3 is 5.63 Å². The van der Waals surface area contributed by atoms with Crippen molar-refractivity contribution < 1.29 is 14.6 Å². The summed E-state index contributed by atoms with van der Waals surface area (Å²) in [6.07, 6.45) is 0.260. The van der Waals surface area contributed by atoms with Crippen molar-refractivity contribution in [2.45, 2.75) is 6.42 Å². The van der Waals surface area contributed by atoms with Crippen molar-refractivity contribution in [3.63, 3.8) is 0 Å². The highest BCUT2D eigenvalue weighted by molar-refractivity contribution is 5.81. The van der Waals surface area contributed by atoms with Gasteiger partial charge in [-0.05, 0) is 18.2 Å². The minimum Gasteiger partial charge on any atom is -0.508 e. The molecule has 0 saturated heterocycles. The van der Waals surface area contributed by atoms with Crippen molar-refractivity contribution in [1.82, 2.24) is 0 Å². The minimum atomic E-state index is -0.465. The first kappa shape index (κ1) is 9.73. The zero-order valence-corrected chi connectivity index (χ0v) is 7.93. The number of aromatic hydroxyl groups is 1. The number of hydrogen-bond acceptors (Lipinski definition) is 4. The van der Waals surface area contributed by atoms with E-state index in [2.05, 4.69) is 0 Å². The molecule has 15 heavy (non-hydrogen) atoms. The van der Waals surface area contributed by atoms with Gasteiger partial charge in [0.25, 0.3) is 0 Å². The highest BCUT2D eigenvalue weighted by Crippen LogP contribution is 2.26. The molecule has 0 aliphatic heterocycles. The van der Waals surface area contributed by atoms with E-state index >= 15 is 0 Å². The van der Waals surface area contributed by atoms with Crippen molar-refractivity contribution in [3.8, 4) is 5.75 Å². The Morgan fingerprint density at radius 3 is 2.67 bits per heavy atom. The third-order valence-corrected chi connectivity index (χ3v) is 2.23. The number of phenols is 1. The summed E-state index contributed by atoms with van der Waals surface area (Å²) in [6, 6.07) is 6.13. The van der Waals surface area contributed by atoms with Gasteiger partial charge in [-0.2, -0.15) is 0 Å². The van der Waals surface area contributed by atoms with Crippen LogP contribution in [0.4, 0.5) is 0 Å². The number of benzene rings is 1. The van der Waals surface area contributed by atoms with Gasteiger partial charge in [0.15, 0.2) is 0 Å². The highest BCUT2D eigenvalue weighted by Gasteiger charge is 2.08. The van der Waals surface area contributed by atoms with E-state index in [4.69, 9.17) is 9.52 Å². The largest absolute Gasteiger partial charge is 0.508 e. The Hall–Kier alpha value is -1.81. The summed E-state index contributed by atoms with van der Waals surface area (Å²) in [5, 5.41) is 19.1. The van der Waals surface area contributed by atoms with Crippen LogP contribution in [0.2, 0.25) is 0 Å². The number of phenolic OH excluding ortho intramolecular Hbond substituents is 1. The predicted octanol–water partition coefficient (Wildman–Crippen LogP) is 1.03. The van der Waals surface area contributed by atoms with Crippen molar-refractivity contribution in [3.05, 3.63) is 40.2 Å². The Kier molecular flexibility index (Phi) is 2.43. The summed E-state index contributed by atoms with van der Waals surface area (Å²) >= 11 is 0. The average molecular weight is 206 g/mol. The fourth-order valence-electron chi connectivity index (χ4n) is 1.53. The normalized spacial score (nSPS) is 10.7. The van der Waals surface area contributed by atoms with Crippen LogP contribution < -0.4 is 5.63 Å². The fourth-order valence-corrected chi connectivity index (χ4v) is 1.53. The van der Waals surface area contributed by atoms with Crippen LogP contribution in [-0.2, 0) is 6.42 Å². The van der Waals surface area contributed by atoms with Crippen LogP contribution in [0.25, 0.3) is 11.0 Å². The summed E-state index contributed by atoms with van der Waals surface area (Å²) in [4.78, 5) is 11.0. The fraction of sp³-hybridized carbons (Fsp3) is 0.182. The Bertz CT molecular complexity index is 542. The van der Waals surface area contributed by atoms with Gasteiger partial charge < -0.3 is 14.6 Å². The summed E-state index contributed by atoms with van der Waals surface area (Å²) in [5.41, 5.74) is 0.344. The summed E-state index contributed by atoms with van der Waals surface area (Å²) in [7, 11) is 0. The summed E-state index contributed by atoms with van der Waals surface area (Å²) in [6.45, 7) is -0.106. The second-order valence-corrected chi connectivity index (χ2v) is 3.21. The lowest BCUT2D eigenvalue weighted by atomic mass is 10.1. The van der Waals surface area contributed by atoms with Crippen molar-refractivity contribution in [2.24, 2.45) is 0 Å². The molecular weight excluding hydrogens is 196 g/mol. The van der Waals surface area contributed by atoms with Crippen LogP contribution in [0.5, 0.6) is 5.75 Å². The van der Waals surface area contributed by atoms with E-state index in [0.717, 1.165) is 5.39 Å². The smallest absolute Gasteiger partial charge is 0.336 e. The molecule has 0 aliphatic rings. The van der Waals surface area contributed by atoms with Gasteiger partial charge in [-0.3, -0.25) is 0 Å². The lowest BCUT2D eigenvalue weighted by Crippen LogP contribution is -1.99. The maximum absolute atomic E-state index is 11.0. The Labute approximate surface area is 85.4 Å². The summed E-state index contributed by atoms with van der Waals surface area (Å²) < 4.78 is 5.00. The molecule has 0 aliphatic carbocycles. The molecule has 0 spiro atoms. The van der Waals surface area contributed by atoms with Gasteiger partial charge in [-0.1, -0.05) is 0 Å². The van der Waals surface area contributed by atoms with Gasteiger partial charge in [0.05, 0.1) is 0 Å². The summed E-state index contributed by atoms with van der Waals surface area (Å²) in [5.74, 6) is 0.0332. The number of hydrogen-bond donors (Lipinski definition) is 2. The van der Waals surface area contributed by atoms with Crippen LogP contribution in [0.15, 0.2) is 33.5 Å². The standard InChI is InChI=1S/C11H10O4/c12-6-5-8-9(13)3-1-7-2-4-10(14)15-11(7)8/h1-4,12-13H,5-6H2. The number of rotatable bonds is 2. The molecule has 1 aromatic carbocycles. The van der Waals surface area contributed by atoms with E-state index in [0.29, 0.717) is 11.1 Å². The third kappa shape index (κ3) is 1.71. The van der Waals surface area contributed by atoms with Crippen molar-refractivity contribution in [1.29, 1.82) is 0 Å². The first-order valence-electron chi connectivity index (χ1n) is 4.58. The van der Waals surface area contributed by atoms with Gasteiger partial charge in [0, 0.05) is 30.0 Å². The highest BCUT2D eigenvalue weighted by atomic mass is 16.4. The molecule has 4 nitrogen and oxygen atoms in total. The van der Waals surface area contributed by atoms with E-state index in [1.807, 2.05) is 0 Å². The molecule has 0 amide bonds. The van der Waals surface area contributed by atoms with Crippen molar-refractivity contribution >= 4 is 11.0 Å². The number of aliphatic hydroxyl groups excluding tert-OH is 1. The zero-order valence-electron chi connectivity index (χ0n) is 7.93.